The van der Waals surface area contributed by atoms with Crippen molar-refractivity contribution < 1.29 is 4.92 Å². The van der Waals surface area contributed by atoms with Crippen LogP contribution in [-0.2, 0) is 0 Å². The van der Waals surface area contributed by atoms with E-state index in [4.69, 9.17) is 5.84 Å². The Morgan fingerprint density at radius 2 is 1.89 bits per heavy atom. The molecule has 1 aliphatic carbocycles. The van der Waals surface area contributed by atoms with Gasteiger partial charge in [-0.15, -0.1) is 0 Å². The lowest BCUT2D eigenvalue weighted by molar-refractivity contribution is -0.384. The Labute approximate surface area is 111 Å². The molecule has 1 fully saturated rings. The second-order valence-electron chi connectivity index (χ2n) is 5.99. The fraction of sp³-hybridized carbons (Fsp3) is 0.583. The van der Waals surface area contributed by atoms with Crippen molar-refractivity contribution in [1.82, 2.24) is 4.98 Å². The van der Waals surface area contributed by atoms with Crippen LogP contribution in [0.1, 0.15) is 27.7 Å². The maximum atomic E-state index is 11.0. The lowest BCUT2D eigenvalue weighted by atomic mass is 10.0. The summed E-state index contributed by atoms with van der Waals surface area (Å²) in [6.45, 7) is 8.51. The van der Waals surface area contributed by atoms with Crippen LogP contribution in [-0.4, -0.2) is 15.9 Å². The molecular formula is C12H19N5O2. The number of nitrogen functional groups attached to an aromatic ring is 1. The lowest BCUT2D eigenvalue weighted by Gasteiger charge is -2.09. The summed E-state index contributed by atoms with van der Waals surface area (Å²) in [5.41, 5.74) is 2.48. The highest BCUT2D eigenvalue weighted by Crippen LogP contribution is 2.63. The molecule has 0 unspecified atom stereocenters. The first-order chi connectivity index (χ1) is 8.71. The van der Waals surface area contributed by atoms with Crippen LogP contribution in [0.2, 0.25) is 0 Å². The molecule has 1 aliphatic rings. The molecule has 0 radical (unpaired) electrons. The number of nitro groups is 1. The van der Waals surface area contributed by atoms with Crippen molar-refractivity contribution in [2.75, 3.05) is 10.7 Å². The second-order valence-corrected chi connectivity index (χ2v) is 5.99. The lowest BCUT2D eigenvalue weighted by Crippen LogP contribution is -2.15. The molecule has 1 saturated carbocycles. The van der Waals surface area contributed by atoms with Gasteiger partial charge < -0.3 is 10.7 Å². The van der Waals surface area contributed by atoms with Crippen molar-refractivity contribution in [3.63, 3.8) is 0 Å². The molecule has 1 aromatic rings. The van der Waals surface area contributed by atoms with E-state index in [2.05, 4.69) is 43.4 Å². The quantitative estimate of drug-likeness (QED) is 0.437. The van der Waals surface area contributed by atoms with E-state index in [9.17, 15) is 10.1 Å². The van der Waals surface area contributed by atoms with Crippen molar-refractivity contribution in [1.29, 1.82) is 0 Å². The van der Waals surface area contributed by atoms with Gasteiger partial charge in [-0.05, 0) is 16.9 Å². The van der Waals surface area contributed by atoms with E-state index in [1.54, 1.807) is 0 Å². The van der Waals surface area contributed by atoms with Gasteiger partial charge >= 0.3 is 5.69 Å². The predicted molar refractivity (Wildman–Crippen MR) is 73.7 cm³/mol. The summed E-state index contributed by atoms with van der Waals surface area (Å²) in [7, 11) is 0. The molecule has 2 rings (SSSR count). The van der Waals surface area contributed by atoms with Crippen LogP contribution in [0.3, 0.4) is 0 Å². The maximum Gasteiger partial charge on any atom is 0.311 e. The van der Waals surface area contributed by atoms with E-state index in [1.165, 1.54) is 12.1 Å². The minimum Gasteiger partial charge on any atom is -0.360 e. The average molecular weight is 265 g/mol. The highest BCUT2D eigenvalue weighted by Gasteiger charge is 2.65. The predicted octanol–water partition coefficient (Wildman–Crippen LogP) is 2.12. The smallest absolute Gasteiger partial charge is 0.311 e. The Balaban J connectivity index is 2.32. The number of hydrogen-bond donors (Lipinski definition) is 3. The molecule has 7 nitrogen and oxygen atoms in total. The van der Waals surface area contributed by atoms with Crippen molar-refractivity contribution in [3.05, 3.63) is 22.2 Å². The number of anilines is 2. The number of aromatic nitrogens is 1. The SMILES string of the molecule is CC1(C)C(Nc2nc(NN)ccc2[N+](=O)[O-])C1(C)C. The third-order valence-electron chi connectivity index (χ3n) is 4.52. The summed E-state index contributed by atoms with van der Waals surface area (Å²) >= 11 is 0. The zero-order valence-corrected chi connectivity index (χ0v) is 11.5. The number of nitrogens with one attached hydrogen (secondary N) is 2. The van der Waals surface area contributed by atoms with E-state index >= 15 is 0 Å². The summed E-state index contributed by atoms with van der Waals surface area (Å²) in [6, 6.07) is 3.01. The summed E-state index contributed by atoms with van der Waals surface area (Å²) in [4.78, 5) is 14.7. The summed E-state index contributed by atoms with van der Waals surface area (Å²) in [5.74, 6) is 5.93. The van der Waals surface area contributed by atoms with E-state index in [0.717, 1.165) is 0 Å². The number of pyridine rings is 1. The van der Waals surface area contributed by atoms with Crippen LogP contribution in [0.5, 0.6) is 0 Å². The summed E-state index contributed by atoms with van der Waals surface area (Å²) < 4.78 is 0. The van der Waals surface area contributed by atoms with Gasteiger partial charge in [0, 0.05) is 12.1 Å². The average Bonchev–Trinajstić information content (AvgIpc) is 2.71. The van der Waals surface area contributed by atoms with Crippen LogP contribution >= 0.6 is 0 Å². The molecule has 0 bridgehead atoms. The Bertz CT molecular complexity index is 513. The zero-order valence-electron chi connectivity index (χ0n) is 11.5. The largest absolute Gasteiger partial charge is 0.360 e. The molecule has 7 heteroatoms. The monoisotopic (exact) mass is 265 g/mol. The maximum absolute atomic E-state index is 11.0. The van der Waals surface area contributed by atoms with Gasteiger partial charge in [0.15, 0.2) is 0 Å². The van der Waals surface area contributed by atoms with Crippen molar-refractivity contribution in [2.24, 2.45) is 16.7 Å². The molecule has 0 spiro atoms. The standard InChI is InChI=1S/C12H19N5O2/c1-11(2)10(12(11,3)4)15-9-7(17(18)19)5-6-8(14-9)16-13/h5-6,10H,13H2,1-4H3,(H2,14,15,16). The van der Waals surface area contributed by atoms with Crippen molar-refractivity contribution in [2.45, 2.75) is 33.7 Å². The molecule has 19 heavy (non-hydrogen) atoms. The normalized spacial score (nSPS) is 19.8. The van der Waals surface area contributed by atoms with Crippen LogP contribution in [0.25, 0.3) is 0 Å². The minimum atomic E-state index is -0.446. The molecule has 0 amide bonds. The van der Waals surface area contributed by atoms with Crippen LogP contribution in [0.4, 0.5) is 17.3 Å². The number of rotatable bonds is 4. The molecule has 0 aliphatic heterocycles. The van der Waals surface area contributed by atoms with E-state index in [-0.39, 0.29) is 28.4 Å². The Morgan fingerprint density at radius 1 is 1.32 bits per heavy atom. The van der Waals surface area contributed by atoms with E-state index in [1.807, 2.05) is 0 Å². The van der Waals surface area contributed by atoms with Gasteiger partial charge in [0.05, 0.1) is 4.92 Å². The highest BCUT2D eigenvalue weighted by molar-refractivity contribution is 5.61. The van der Waals surface area contributed by atoms with Crippen LogP contribution in [0.15, 0.2) is 12.1 Å². The first kappa shape index (κ1) is 13.5. The Kier molecular flexibility index (Phi) is 2.89. The van der Waals surface area contributed by atoms with Crippen molar-refractivity contribution in [3.8, 4) is 0 Å². The van der Waals surface area contributed by atoms with Gasteiger partial charge in [-0.2, -0.15) is 0 Å². The van der Waals surface area contributed by atoms with Gasteiger partial charge in [0.2, 0.25) is 5.82 Å². The fourth-order valence-corrected chi connectivity index (χ4v) is 2.48. The van der Waals surface area contributed by atoms with Gasteiger partial charge in [0.25, 0.3) is 0 Å². The number of hydrazine groups is 1. The first-order valence-corrected chi connectivity index (χ1v) is 6.10. The van der Waals surface area contributed by atoms with Gasteiger partial charge in [-0.25, -0.2) is 10.8 Å². The second kappa shape index (κ2) is 4.06. The Morgan fingerprint density at radius 3 is 2.32 bits per heavy atom. The number of hydrogen-bond acceptors (Lipinski definition) is 6. The third-order valence-corrected chi connectivity index (χ3v) is 4.52. The first-order valence-electron chi connectivity index (χ1n) is 6.10. The van der Waals surface area contributed by atoms with Crippen LogP contribution < -0.4 is 16.6 Å². The summed E-state index contributed by atoms with van der Waals surface area (Å²) in [6.07, 6.45) is 0. The zero-order chi connectivity index (χ0) is 14.4. The topological polar surface area (TPSA) is 106 Å². The van der Waals surface area contributed by atoms with Gasteiger partial charge in [-0.1, -0.05) is 27.7 Å². The molecule has 1 aromatic heterocycles. The minimum absolute atomic E-state index is 0.0440. The van der Waals surface area contributed by atoms with Crippen LogP contribution in [0, 0.1) is 20.9 Å². The van der Waals surface area contributed by atoms with Crippen molar-refractivity contribution >= 4 is 17.3 Å². The van der Waals surface area contributed by atoms with Gasteiger partial charge in [0.1, 0.15) is 5.82 Å². The molecule has 0 aromatic carbocycles. The fourth-order valence-electron chi connectivity index (χ4n) is 2.48. The number of nitrogens with two attached hydrogens (primary N) is 1. The molecule has 104 valence electrons. The molecular weight excluding hydrogens is 246 g/mol. The van der Waals surface area contributed by atoms with Gasteiger partial charge in [-0.3, -0.25) is 10.1 Å². The highest BCUT2D eigenvalue weighted by atomic mass is 16.6. The number of nitrogens with zero attached hydrogens (tertiary/aromatic N) is 2. The van der Waals surface area contributed by atoms with E-state index < -0.39 is 4.92 Å². The van der Waals surface area contributed by atoms with E-state index in [0.29, 0.717) is 5.82 Å². The molecule has 1 heterocycles. The third kappa shape index (κ3) is 1.99. The molecule has 4 N–H and O–H groups in total. The Hall–Kier alpha value is -1.89. The molecule has 0 saturated heterocycles. The summed E-state index contributed by atoms with van der Waals surface area (Å²) in [5, 5.41) is 14.2. The molecule has 0 atom stereocenters.